The highest BCUT2D eigenvalue weighted by atomic mass is 19.1. The first kappa shape index (κ1) is 14.0. The molecule has 6 heteroatoms. The summed E-state index contributed by atoms with van der Waals surface area (Å²) in [6.45, 7) is 5.18. The Balaban J connectivity index is 3.06. The third-order valence-electron chi connectivity index (χ3n) is 2.08. The van der Waals surface area contributed by atoms with Crippen molar-refractivity contribution in [1.82, 2.24) is 5.32 Å². The van der Waals surface area contributed by atoms with Crippen LogP contribution >= 0.6 is 0 Å². The van der Waals surface area contributed by atoms with Crippen LogP contribution in [-0.4, -0.2) is 27.4 Å². The van der Waals surface area contributed by atoms with E-state index in [1.54, 1.807) is 20.8 Å². The topological polar surface area (TPSA) is 93.4 Å². The second kappa shape index (κ2) is 4.64. The molecule has 0 unspecified atom stereocenters. The quantitative estimate of drug-likeness (QED) is 0.476. The number of carbonyl (C=O) groups is 1. The summed E-state index contributed by atoms with van der Waals surface area (Å²) in [4.78, 5) is 11.7. The van der Waals surface area contributed by atoms with Gasteiger partial charge in [0.15, 0.2) is 17.3 Å². The van der Waals surface area contributed by atoms with Crippen LogP contribution in [0.1, 0.15) is 26.3 Å². The molecule has 5 nitrogen and oxygen atoms in total. The fourth-order valence-electron chi connectivity index (χ4n) is 1.27. The van der Waals surface area contributed by atoms with Gasteiger partial charge in [0.05, 0.1) is 0 Å². The summed E-state index contributed by atoms with van der Waals surface area (Å²) in [5, 5.41) is 28.4. The van der Waals surface area contributed by atoms with Gasteiger partial charge in [-0.1, -0.05) is 0 Å². The summed E-state index contributed by atoms with van der Waals surface area (Å²) >= 11 is 0. The highest BCUT2D eigenvalue weighted by molar-refractivity contribution is 6.44. The van der Waals surface area contributed by atoms with Crippen molar-refractivity contribution < 1.29 is 19.4 Å². The molecule has 1 rings (SSSR count). The Labute approximate surface area is 104 Å². The predicted octanol–water partition coefficient (Wildman–Crippen LogP) is 1.52. The van der Waals surface area contributed by atoms with Crippen molar-refractivity contribution in [1.29, 1.82) is 5.41 Å². The van der Waals surface area contributed by atoms with Crippen molar-refractivity contribution in [2.45, 2.75) is 26.3 Å². The number of carbonyl (C=O) groups excluding carboxylic acids is 1. The molecule has 0 aliphatic rings. The van der Waals surface area contributed by atoms with Crippen LogP contribution in [0.5, 0.6) is 11.5 Å². The molecule has 4 N–H and O–H groups in total. The Kier molecular flexibility index (Phi) is 3.59. The van der Waals surface area contributed by atoms with Crippen LogP contribution in [0.15, 0.2) is 12.1 Å². The van der Waals surface area contributed by atoms with Crippen LogP contribution in [-0.2, 0) is 4.79 Å². The molecule has 1 aromatic rings. The highest BCUT2D eigenvalue weighted by Gasteiger charge is 2.23. The lowest BCUT2D eigenvalue weighted by Gasteiger charge is -2.20. The number of hydrogen-bond acceptors (Lipinski definition) is 4. The monoisotopic (exact) mass is 254 g/mol. The first-order valence-corrected chi connectivity index (χ1v) is 5.25. The maximum Gasteiger partial charge on any atom is 0.270 e. The molecular formula is C12H15FN2O3. The Bertz CT molecular complexity index is 507. The fraction of sp³-hybridized carbons (Fsp3) is 0.333. The van der Waals surface area contributed by atoms with Crippen LogP contribution in [0.3, 0.4) is 0 Å². The van der Waals surface area contributed by atoms with E-state index in [2.05, 4.69) is 5.32 Å². The molecule has 1 amide bonds. The van der Waals surface area contributed by atoms with Gasteiger partial charge in [-0.3, -0.25) is 10.2 Å². The van der Waals surface area contributed by atoms with Crippen molar-refractivity contribution >= 4 is 11.6 Å². The maximum absolute atomic E-state index is 13.6. The molecule has 0 saturated carbocycles. The SMILES string of the molecule is CC(C)(C)NC(=O)C(=N)c1ccc(O)c(O)c1F. The van der Waals surface area contributed by atoms with Gasteiger partial charge in [-0.05, 0) is 32.9 Å². The highest BCUT2D eigenvalue weighted by Crippen LogP contribution is 2.29. The molecule has 1 aromatic carbocycles. The van der Waals surface area contributed by atoms with Gasteiger partial charge in [-0.2, -0.15) is 0 Å². The number of phenolic OH excluding ortho intramolecular Hbond substituents is 2. The predicted molar refractivity (Wildman–Crippen MR) is 64.5 cm³/mol. The van der Waals surface area contributed by atoms with Crippen molar-refractivity contribution in [3.8, 4) is 11.5 Å². The first-order valence-electron chi connectivity index (χ1n) is 5.25. The van der Waals surface area contributed by atoms with E-state index < -0.39 is 34.5 Å². The zero-order chi connectivity index (χ0) is 14.1. The van der Waals surface area contributed by atoms with Gasteiger partial charge in [0.25, 0.3) is 5.91 Å². The second-order valence-electron chi connectivity index (χ2n) is 4.87. The molecule has 18 heavy (non-hydrogen) atoms. The average molecular weight is 254 g/mol. The van der Waals surface area contributed by atoms with E-state index in [0.29, 0.717) is 0 Å². The van der Waals surface area contributed by atoms with E-state index in [4.69, 9.17) is 10.5 Å². The summed E-state index contributed by atoms with van der Waals surface area (Å²) < 4.78 is 13.6. The average Bonchev–Trinajstić information content (AvgIpc) is 2.23. The summed E-state index contributed by atoms with van der Waals surface area (Å²) in [6, 6.07) is 2.08. The third-order valence-corrected chi connectivity index (χ3v) is 2.08. The van der Waals surface area contributed by atoms with E-state index >= 15 is 0 Å². The molecule has 0 spiro atoms. The fourth-order valence-corrected chi connectivity index (χ4v) is 1.27. The van der Waals surface area contributed by atoms with Crippen LogP contribution in [0.25, 0.3) is 0 Å². The lowest BCUT2D eigenvalue weighted by atomic mass is 10.0. The number of halogens is 1. The normalized spacial score (nSPS) is 11.1. The Hall–Kier alpha value is -2.11. The van der Waals surface area contributed by atoms with Crippen LogP contribution in [0.2, 0.25) is 0 Å². The van der Waals surface area contributed by atoms with Gasteiger partial charge in [0.2, 0.25) is 0 Å². The number of nitrogens with one attached hydrogen (secondary N) is 2. The van der Waals surface area contributed by atoms with Crippen molar-refractivity contribution in [2.75, 3.05) is 0 Å². The van der Waals surface area contributed by atoms with E-state index in [1.165, 1.54) is 0 Å². The number of hydrogen-bond donors (Lipinski definition) is 4. The minimum absolute atomic E-state index is 0.368. The first-order chi connectivity index (χ1) is 8.13. The molecule has 0 bridgehead atoms. The summed E-state index contributed by atoms with van der Waals surface area (Å²) in [7, 11) is 0. The zero-order valence-corrected chi connectivity index (χ0v) is 10.3. The van der Waals surface area contributed by atoms with Gasteiger partial charge in [-0.25, -0.2) is 4.39 Å². The summed E-state index contributed by atoms with van der Waals surface area (Å²) in [6.07, 6.45) is 0. The molecule has 98 valence electrons. The molecule has 0 heterocycles. The standard InChI is InChI=1S/C12H15FN2O3/c1-12(2,3)15-11(18)9(14)6-4-5-7(16)10(17)8(6)13/h4-5,14,16-17H,1-3H3,(H,15,18). The number of amides is 1. The van der Waals surface area contributed by atoms with Crippen molar-refractivity contribution in [3.05, 3.63) is 23.5 Å². The number of phenols is 2. The van der Waals surface area contributed by atoms with E-state index in [-0.39, 0.29) is 5.56 Å². The zero-order valence-electron chi connectivity index (χ0n) is 10.3. The molecule has 0 atom stereocenters. The third kappa shape index (κ3) is 2.97. The summed E-state index contributed by atoms with van der Waals surface area (Å²) in [5.74, 6) is -3.56. The van der Waals surface area contributed by atoms with Crippen LogP contribution in [0.4, 0.5) is 4.39 Å². The number of aromatic hydroxyl groups is 2. The number of benzene rings is 1. The summed E-state index contributed by atoms with van der Waals surface area (Å²) in [5.41, 5.74) is -1.54. The minimum Gasteiger partial charge on any atom is -0.504 e. The smallest absolute Gasteiger partial charge is 0.270 e. The van der Waals surface area contributed by atoms with Gasteiger partial charge in [0, 0.05) is 11.1 Å². The lowest BCUT2D eigenvalue weighted by molar-refractivity contribution is -0.116. The molecule has 0 radical (unpaired) electrons. The van der Waals surface area contributed by atoms with E-state index in [1.807, 2.05) is 0 Å². The Morgan fingerprint density at radius 3 is 2.39 bits per heavy atom. The molecular weight excluding hydrogens is 239 g/mol. The molecule has 0 aliphatic heterocycles. The molecule has 0 saturated heterocycles. The van der Waals surface area contributed by atoms with Gasteiger partial charge in [-0.15, -0.1) is 0 Å². The van der Waals surface area contributed by atoms with Crippen molar-refractivity contribution in [2.24, 2.45) is 0 Å². The largest absolute Gasteiger partial charge is 0.504 e. The molecule has 0 aliphatic carbocycles. The maximum atomic E-state index is 13.6. The van der Waals surface area contributed by atoms with Crippen LogP contribution < -0.4 is 5.32 Å². The minimum atomic E-state index is -1.19. The molecule has 0 fully saturated rings. The number of rotatable bonds is 2. The molecule has 0 aromatic heterocycles. The Morgan fingerprint density at radius 2 is 1.89 bits per heavy atom. The Morgan fingerprint density at radius 1 is 1.33 bits per heavy atom. The van der Waals surface area contributed by atoms with Gasteiger partial charge < -0.3 is 15.5 Å². The van der Waals surface area contributed by atoms with Crippen LogP contribution in [0, 0.1) is 11.2 Å². The lowest BCUT2D eigenvalue weighted by Crippen LogP contribution is -2.44. The van der Waals surface area contributed by atoms with Gasteiger partial charge >= 0.3 is 0 Å². The van der Waals surface area contributed by atoms with Gasteiger partial charge in [0.1, 0.15) is 5.71 Å². The van der Waals surface area contributed by atoms with E-state index in [0.717, 1.165) is 12.1 Å². The van der Waals surface area contributed by atoms with E-state index in [9.17, 15) is 14.3 Å². The second-order valence-corrected chi connectivity index (χ2v) is 4.87. The van der Waals surface area contributed by atoms with Crippen molar-refractivity contribution in [3.63, 3.8) is 0 Å².